The standard InChI is InChI=1S/C8H3ClF3N3S/c9-7-8(15-16-14-7)13-3-1-4(10)6(12)5(11)2-3/h1-2H,(H,13,15). The Morgan fingerprint density at radius 1 is 1.12 bits per heavy atom. The van der Waals surface area contributed by atoms with Crippen LogP contribution in [0.1, 0.15) is 0 Å². The van der Waals surface area contributed by atoms with Gasteiger partial charge in [-0.15, -0.1) is 0 Å². The van der Waals surface area contributed by atoms with E-state index in [9.17, 15) is 13.2 Å². The molecule has 0 saturated heterocycles. The fourth-order valence-electron chi connectivity index (χ4n) is 1.02. The van der Waals surface area contributed by atoms with Crippen molar-refractivity contribution in [2.45, 2.75) is 0 Å². The molecule has 1 heterocycles. The zero-order valence-electron chi connectivity index (χ0n) is 7.47. The average Bonchev–Trinajstić information content (AvgIpc) is 2.61. The highest BCUT2D eigenvalue weighted by Crippen LogP contribution is 2.24. The van der Waals surface area contributed by atoms with E-state index in [-0.39, 0.29) is 16.7 Å². The van der Waals surface area contributed by atoms with E-state index in [0.29, 0.717) is 0 Å². The molecule has 0 atom stereocenters. The van der Waals surface area contributed by atoms with Gasteiger partial charge in [0.15, 0.2) is 28.4 Å². The molecular weight excluding hydrogens is 263 g/mol. The van der Waals surface area contributed by atoms with Crippen molar-refractivity contribution in [2.75, 3.05) is 5.32 Å². The Labute approximate surface area is 97.2 Å². The van der Waals surface area contributed by atoms with Crippen LogP contribution in [-0.2, 0) is 0 Å². The highest BCUT2D eigenvalue weighted by molar-refractivity contribution is 6.99. The van der Waals surface area contributed by atoms with Gasteiger partial charge < -0.3 is 5.32 Å². The average molecular weight is 266 g/mol. The first-order valence-corrected chi connectivity index (χ1v) is 5.08. The fourth-order valence-corrected chi connectivity index (χ4v) is 1.66. The van der Waals surface area contributed by atoms with E-state index in [1.165, 1.54) is 0 Å². The molecule has 0 unspecified atom stereocenters. The van der Waals surface area contributed by atoms with Crippen LogP contribution in [0, 0.1) is 17.5 Å². The summed E-state index contributed by atoms with van der Waals surface area (Å²) in [4.78, 5) is 0. The second-order valence-corrected chi connectivity index (χ2v) is 3.67. The predicted octanol–water partition coefficient (Wildman–Crippen LogP) is 3.35. The number of nitrogens with zero attached hydrogens (tertiary/aromatic N) is 2. The van der Waals surface area contributed by atoms with Crippen LogP contribution in [0.5, 0.6) is 0 Å². The lowest BCUT2D eigenvalue weighted by atomic mass is 10.3. The van der Waals surface area contributed by atoms with Crippen molar-refractivity contribution in [3.63, 3.8) is 0 Å². The number of hydrogen-bond donors (Lipinski definition) is 1. The molecule has 2 aromatic rings. The van der Waals surface area contributed by atoms with Gasteiger partial charge in [0.05, 0.1) is 11.7 Å². The summed E-state index contributed by atoms with van der Waals surface area (Å²) in [6, 6.07) is 1.60. The number of halogens is 4. The van der Waals surface area contributed by atoms with Crippen LogP contribution >= 0.6 is 23.3 Å². The van der Waals surface area contributed by atoms with Crippen LogP contribution < -0.4 is 5.32 Å². The Hall–Kier alpha value is -1.34. The SMILES string of the molecule is Fc1cc(Nc2nsnc2Cl)cc(F)c1F. The lowest BCUT2D eigenvalue weighted by molar-refractivity contribution is 0.448. The zero-order chi connectivity index (χ0) is 11.7. The number of aromatic nitrogens is 2. The van der Waals surface area contributed by atoms with Crippen LogP contribution in [0.2, 0.25) is 5.15 Å². The molecule has 1 N–H and O–H groups in total. The molecule has 0 saturated carbocycles. The minimum Gasteiger partial charge on any atom is -0.337 e. The van der Waals surface area contributed by atoms with E-state index < -0.39 is 17.5 Å². The third-order valence-electron chi connectivity index (χ3n) is 1.70. The number of anilines is 2. The normalized spacial score (nSPS) is 10.5. The summed E-state index contributed by atoms with van der Waals surface area (Å²) in [7, 11) is 0. The van der Waals surface area contributed by atoms with E-state index >= 15 is 0 Å². The van der Waals surface area contributed by atoms with Gasteiger partial charge in [-0.3, -0.25) is 0 Å². The lowest BCUT2D eigenvalue weighted by Crippen LogP contribution is -1.96. The molecule has 0 aliphatic heterocycles. The van der Waals surface area contributed by atoms with E-state index in [0.717, 1.165) is 23.9 Å². The van der Waals surface area contributed by atoms with Crippen LogP contribution in [0.3, 0.4) is 0 Å². The minimum absolute atomic E-state index is 0.00556. The Morgan fingerprint density at radius 2 is 1.75 bits per heavy atom. The first-order valence-electron chi connectivity index (χ1n) is 3.97. The van der Waals surface area contributed by atoms with Crippen LogP contribution in [0.4, 0.5) is 24.7 Å². The molecule has 3 nitrogen and oxygen atoms in total. The van der Waals surface area contributed by atoms with Crippen molar-refractivity contribution >= 4 is 34.8 Å². The Balaban J connectivity index is 2.33. The highest BCUT2D eigenvalue weighted by Gasteiger charge is 2.12. The molecule has 2 rings (SSSR count). The maximum atomic E-state index is 12.8. The molecule has 0 spiro atoms. The summed E-state index contributed by atoms with van der Waals surface area (Å²) in [5.74, 6) is -3.94. The van der Waals surface area contributed by atoms with E-state index in [2.05, 4.69) is 14.1 Å². The van der Waals surface area contributed by atoms with Gasteiger partial charge in [-0.2, -0.15) is 8.75 Å². The number of rotatable bonds is 2. The van der Waals surface area contributed by atoms with Crippen molar-refractivity contribution in [2.24, 2.45) is 0 Å². The van der Waals surface area contributed by atoms with E-state index in [1.54, 1.807) is 0 Å². The maximum Gasteiger partial charge on any atom is 0.194 e. The van der Waals surface area contributed by atoms with Gasteiger partial charge in [0.2, 0.25) is 0 Å². The van der Waals surface area contributed by atoms with Gasteiger partial charge >= 0.3 is 0 Å². The molecule has 8 heteroatoms. The molecule has 0 aliphatic rings. The van der Waals surface area contributed by atoms with Gasteiger partial charge in [0.25, 0.3) is 0 Å². The van der Waals surface area contributed by atoms with Crippen molar-refractivity contribution in [3.8, 4) is 0 Å². The largest absolute Gasteiger partial charge is 0.337 e. The Kier molecular flexibility index (Phi) is 2.97. The molecule has 84 valence electrons. The maximum absolute atomic E-state index is 12.8. The van der Waals surface area contributed by atoms with Gasteiger partial charge in [0, 0.05) is 17.8 Å². The number of benzene rings is 1. The molecule has 0 aliphatic carbocycles. The molecular formula is C8H3ClF3N3S. The molecule has 16 heavy (non-hydrogen) atoms. The summed E-state index contributed by atoms with van der Waals surface area (Å²) in [5, 5.41) is 2.60. The van der Waals surface area contributed by atoms with Crippen LogP contribution in [0.25, 0.3) is 0 Å². The monoisotopic (exact) mass is 265 g/mol. The summed E-state index contributed by atoms with van der Waals surface area (Å²) < 4.78 is 45.7. The van der Waals surface area contributed by atoms with E-state index in [1.807, 2.05) is 0 Å². The summed E-state index contributed by atoms with van der Waals surface area (Å²) in [6.45, 7) is 0. The molecule has 1 aromatic heterocycles. The predicted molar refractivity (Wildman–Crippen MR) is 54.5 cm³/mol. The Bertz CT molecular complexity index is 508. The van der Waals surface area contributed by atoms with Gasteiger partial charge in [-0.25, -0.2) is 13.2 Å². The summed E-state index contributed by atoms with van der Waals surface area (Å²) >= 11 is 6.45. The third kappa shape index (κ3) is 2.10. The van der Waals surface area contributed by atoms with Crippen molar-refractivity contribution in [1.29, 1.82) is 0 Å². The summed E-state index contributed by atoms with van der Waals surface area (Å²) in [6.07, 6.45) is 0. The smallest absolute Gasteiger partial charge is 0.194 e. The zero-order valence-corrected chi connectivity index (χ0v) is 9.04. The van der Waals surface area contributed by atoms with Gasteiger partial charge in [-0.1, -0.05) is 11.6 Å². The number of hydrogen-bond acceptors (Lipinski definition) is 4. The van der Waals surface area contributed by atoms with E-state index in [4.69, 9.17) is 11.6 Å². The molecule has 1 aromatic carbocycles. The van der Waals surface area contributed by atoms with Crippen LogP contribution in [-0.4, -0.2) is 8.75 Å². The fraction of sp³-hybridized carbons (Fsp3) is 0. The third-order valence-corrected chi connectivity index (χ3v) is 2.59. The van der Waals surface area contributed by atoms with Gasteiger partial charge in [0.1, 0.15) is 0 Å². The highest BCUT2D eigenvalue weighted by atomic mass is 35.5. The first kappa shape index (κ1) is 11.2. The van der Waals surface area contributed by atoms with Gasteiger partial charge in [-0.05, 0) is 0 Å². The molecule has 0 fully saturated rings. The topological polar surface area (TPSA) is 37.8 Å². The first-order chi connectivity index (χ1) is 7.58. The summed E-state index contributed by atoms with van der Waals surface area (Å²) in [5.41, 5.74) is 0.00556. The minimum atomic E-state index is -1.52. The Morgan fingerprint density at radius 3 is 2.25 bits per heavy atom. The van der Waals surface area contributed by atoms with Crippen molar-refractivity contribution < 1.29 is 13.2 Å². The van der Waals surface area contributed by atoms with Crippen molar-refractivity contribution in [3.05, 3.63) is 34.7 Å². The van der Waals surface area contributed by atoms with Crippen LogP contribution in [0.15, 0.2) is 12.1 Å². The lowest BCUT2D eigenvalue weighted by Gasteiger charge is -2.04. The number of nitrogens with one attached hydrogen (secondary N) is 1. The molecule has 0 bridgehead atoms. The quantitative estimate of drug-likeness (QED) is 0.846. The second-order valence-electron chi connectivity index (χ2n) is 2.78. The second kappa shape index (κ2) is 4.26. The molecule has 0 radical (unpaired) electrons. The molecule has 0 amide bonds. The van der Waals surface area contributed by atoms with Crippen molar-refractivity contribution in [1.82, 2.24) is 8.75 Å².